The number of likely N-dealkylation sites (tertiary alicyclic amines) is 1. The van der Waals surface area contributed by atoms with Gasteiger partial charge in [0.1, 0.15) is 0 Å². The molecule has 0 bridgehead atoms. The minimum atomic E-state index is -0.322. The number of methoxy groups -OCH3 is 2. The Labute approximate surface area is 171 Å². The Bertz CT molecular complexity index is 856. The van der Waals surface area contributed by atoms with Gasteiger partial charge in [-0.3, -0.25) is 14.6 Å². The van der Waals surface area contributed by atoms with Crippen molar-refractivity contribution in [3.63, 3.8) is 0 Å². The predicted molar refractivity (Wildman–Crippen MR) is 109 cm³/mol. The van der Waals surface area contributed by atoms with E-state index in [9.17, 15) is 9.59 Å². The van der Waals surface area contributed by atoms with Crippen LogP contribution in [0, 0.1) is 5.92 Å². The van der Waals surface area contributed by atoms with Crippen molar-refractivity contribution in [3.05, 3.63) is 53.9 Å². The molecule has 0 aliphatic carbocycles. The number of amides is 2. The second-order valence-electron chi connectivity index (χ2n) is 7.19. The van der Waals surface area contributed by atoms with E-state index < -0.39 is 0 Å². The van der Waals surface area contributed by atoms with E-state index in [1.54, 1.807) is 31.5 Å². The fourth-order valence-electron chi connectivity index (χ4n) is 3.53. The highest BCUT2D eigenvalue weighted by molar-refractivity contribution is 5.89. The Balaban J connectivity index is 1.54. The van der Waals surface area contributed by atoms with Gasteiger partial charge in [0, 0.05) is 31.9 Å². The van der Waals surface area contributed by atoms with Crippen molar-refractivity contribution in [1.82, 2.24) is 15.2 Å². The molecule has 1 fully saturated rings. The molecule has 0 unspecified atom stereocenters. The van der Waals surface area contributed by atoms with Crippen molar-refractivity contribution in [2.24, 2.45) is 5.92 Å². The molecule has 154 valence electrons. The molecule has 1 aliphatic heterocycles. The third-order valence-corrected chi connectivity index (χ3v) is 5.27. The third kappa shape index (κ3) is 5.04. The van der Waals surface area contributed by atoms with Gasteiger partial charge in [-0.25, -0.2) is 0 Å². The maximum atomic E-state index is 12.6. The van der Waals surface area contributed by atoms with Crippen LogP contribution in [0.3, 0.4) is 0 Å². The quantitative estimate of drug-likeness (QED) is 0.740. The number of carbonyl (C=O) groups excluding carboxylic acids is 2. The SMILES string of the molecule is COc1ccc(CCN2C[C@@H](C(=O)N[C@@H](C)c3ccncc3)CC2=O)cc1OC. The number of hydrogen-bond acceptors (Lipinski definition) is 5. The van der Waals surface area contributed by atoms with Crippen molar-refractivity contribution in [2.45, 2.75) is 25.8 Å². The molecule has 2 aromatic rings. The van der Waals surface area contributed by atoms with Gasteiger partial charge in [0.2, 0.25) is 11.8 Å². The average Bonchev–Trinajstić information content (AvgIpc) is 3.13. The molecule has 0 radical (unpaired) electrons. The molecule has 1 aromatic carbocycles. The van der Waals surface area contributed by atoms with Crippen molar-refractivity contribution in [3.8, 4) is 11.5 Å². The van der Waals surface area contributed by atoms with Crippen LogP contribution in [-0.2, 0) is 16.0 Å². The van der Waals surface area contributed by atoms with Crippen LogP contribution < -0.4 is 14.8 Å². The van der Waals surface area contributed by atoms with Crippen molar-refractivity contribution in [1.29, 1.82) is 0 Å². The van der Waals surface area contributed by atoms with Gasteiger partial charge < -0.3 is 19.7 Å². The van der Waals surface area contributed by atoms with E-state index in [1.165, 1.54) is 0 Å². The van der Waals surface area contributed by atoms with Crippen molar-refractivity contribution < 1.29 is 19.1 Å². The fraction of sp³-hybridized carbons (Fsp3) is 0.409. The number of rotatable bonds is 8. The predicted octanol–water partition coefficient (Wildman–Crippen LogP) is 2.37. The summed E-state index contributed by atoms with van der Waals surface area (Å²) in [5, 5.41) is 3.00. The summed E-state index contributed by atoms with van der Waals surface area (Å²) in [6.07, 6.45) is 4.34. The first-order valence-corrected chi connectivity index (χ1v) is 9.70. The van der Waals surface area contributed by atoms with Crippen LogP contribution in [-0.4, -0.2) is 49.0 Å². The zero-order valence-corrected chi connectivity index (χ0v) is 17.1. The summed E-state index contributed by atoms with van der Waals surface area (Å²) < 4.78 is 10.6. The van der Waals surface area contributed by atoms with Gasteiger partial charge in [0.05, 0.1) is 26.2 Å². The molecule has 1 aliphatic rings. The summed E-state index contributed by atoms with van der Waals surface area (Å²) in [6, 6.07) is 9.36. The Kier molecular flexibility index (Phi) is 6.69. The Morgan fingerprint density at radius 1 is 1.21 bits per heavy atom. The highest BCUT2D eigenvalue weighted by Gasteiger charge is 2.34. The van der Waals surface area contributed by atoms with Gasteiger partial charge in [-0.1, -0.05) is 6.07 Å². The van der Waals surface area contributed by atoms with E-state index in [2.05, 4.69) is 10.3 Å². The molecular formula is C22H27N3O4. The van der Waals surface area contributed by atoms with Crippen LogP contribution in [0.5, 0.6) is 11.5 Å². The van der Waals surface area contributed by atoms with Crippen LogP contribution >= 0.6 is 0 Å². The van der Waals surface area contributed by atoms with Gasteiger partial charge >= 0.3 is 0 Å². The number of ether oxygens (including phenoxy) is 2. The van der Waals surface area contributed by atoms with Crippen molar-refractivity contribution in [2.75, 3.05) is 27.3 Å². The molecule has 2 heterocycles. The highest BCUT2D eigenvalue weighted by atomic mass is 16.5. The minimum absolute atomic E-state index is 0.0159. The molecule has 2 atom stereocenters. The Morgan fingerprint density at radius 2 is 1.93 bits per heavy atom. The van der Waals surface area contributed by atoms with E-state index >= 15 is 0 Å². The van der Waals surface area contributed by atoms with Crippen LogP contribution in [0.15, 0.2) is 42.7 Å². The number of aromatic nitrogens is 1. The average molecular weight is 397 g/mol. The van der Waals surface area contributed by atoms with E-state index in [0.717, 1.165) is 11.1 Å². The number of hydrogen-bond donors (Lipinski definition) is 1. The summed E-state index contributed by atoms with van der Waals surface area (Å²) >= 11 is 0. The molecule has 29 heavy (non-hydrogen) atoms. The zero-order valence-electron chi connectivity index (χ0n) is 17.1. The van der Waals surface area contributed by atoms with Gasteiger partial charge in [0.15, 0.2) is 11.5 Å². The van der Waals surface area contributed by atoms with Gasteiger partial charge in [0.25, 0.3) is 0 Å². The second kappa shape index (κ2) is 9.41. The second-order valence-corrected chi connectivity index (χ2v) is 7.19. The molecule has 1 saturated heterocycles. The van der Waals surface area contributed by atoms with Crippen LogP contribution in [0.2, 0.25) is 0 Å². The molecule has 3 rings (SSSR count). The Hall–Kier alpha value is -3.09. The molecule has 0 spiro atoms. The monoisotopic (exact) mass is 397 g/mol. The molecule has 0 saturated carbocycles. The molecule has 1 N–H and O–H groups in total. The summed E-state index contributed by atoms with van der Waals surface area (Å²) in [4.78, 5) is 30.7. The molecule has 7 heteroatoms. The summed E-state index contributed by atoms with van der Waals surface area (Å²) in [5.74, 6) is 0.948. The molecule has 7 nitrogen and oxygen atoms in total. The van der Waals surface area contributed by atoms with Gasteiger partial charge in [-0.05, 0) is 48.7 Å². The zero-order chi connectivity index (χ0) is 20.8. The Morgan fingerprint density at radius 3 is 2.62 bits per heavy atom. The molecular weight excluding hydrogens is 370 g/mol. The third-order valence-electron chi connectivity index (χ3n) is 5.27. The number of nitrogens with one attached hydrogen (secondary N) is 1. The van der Waals surface area contributed by atoms with E-state index in [1.807, 2.05) is 37.3 Å². The topological polar surface area (TPSA) is 80.8 Å². The lowest BCUT2D eigenvalue weighted by molar-refractivity contribution is -0.129. The number of carbonyl (C=O) groups is 2. The standard InChI is InChI=1S/C22H27N3O4/c1-15(17-6-9-23-10-7-17)24-22(27)18-13-21(26)25(14-18)11-8-16-4-5-19(28-2)20(12-16)29-3/h4-7,9-10,12,15,18H,8,11,13-14H2,1-3H3,(H,24,27)/t15-,18-/m0/s1. The summed E-state index contributed by atoms with van der Waals surface area (Å²) in [6.45, 7) is 2.94. The highest BCUT2D eigenvalue weighted by Crippen LogP contribution is 2.28. The lowest BCUT2D eigenvalue weighted by Crippen LogP contribution is -2.35. The first kappa shape index (κ1) is 20.6. The smallest absolute Gasteiger partial charge is 0.225 e. The van der Waals surface area contributed by atoms with Crippen molar-refractivity contribution >= 4 is 11.8 Å². The number of pyridine rings is 1. The molecule has 1 aromatic heterocycles. The number of benzene rings is 1. The van der Waals surface area contributed by atoms with E-state index in [4.69, 9.17) is 9.47 Å². The lowest BCUT2D eigenvalue weighted by Gasteiger charge is -2.19. The van der Waals surface area contributed by atoms with Crippen LogP contribution in [0.25, 0.3) is 0 Å². The molecule has 2 amide bonds. The summed E-state index contributed by atoms with van der Waals surface area (Å²) in [7, 11) is 3.20. The fourth-order valence-corrected chi connectivity index (χ4v) is 3.53. The summed E-state index contributed by atoms with van der Waals surface area (Å²) in [5.41, 5.74) is 2.04. The van der Waals surface area contributed by atoms with Crippen LogP contribution in [0.1, 0.15) is 30.5 Å². The normalized spacial score (nSPS) is 17.1. The first-order valence-electron chi connectivity index (χ1n) is 9.70. The maximum Gasteiger partial charge on any atom is 0.225 e. The van der Waals surface area contributed by atoms with E-state index in [0.29, 0.717) is 31.0 Å². The first-order chi connectivity index (χ1) is 14.0. The van der Waals surface area contributed by atoms with Gasteiger partial charge in [-0.2, -0.15) is 0 Å². The van der Waals surface area contributed by atoms with Gasteiger partial charge in [-0.15, -0.1) is 0 Å². The van der Waals surface area contributed by atoms with Crippen LogP contribution in [0.4, 0.5) is 0 Å². The van der Waals surface area contributed by atoms with E-state index in [-0.39, 0.29) is 30.2 Å². The largest absolute Gasteiger partial charge is 0.493 e. The minimum Gasteiger partial charge on any atom is -0.493 e. The number of nitrogens with zero attached hydrogens (tertiary/aromatic N) is 2. The maximum absolute atomic E-state index is 12.6. The lowest BCUT2D eigenvalue weighted by atomic mass is 10.1.